The van der Waals surface area contributed by atoms with E-state index in [4.69, 9.17) is 10.5 Å². The van der Waals surface area contributed by atoms with Gasteiger partial charge in [-0.15, -0.1) is 11.3 Å². The van der Waals surface area contributed by atoms with Crippen molar-refractivity contribution in [2.24, 2.45) is 0 Å². The van der Waals surface area contributed by atoms with Crippen LogP contribution in [0.2, 0.25) is 0 Å². The zero-order valence-corrected chi connectivity index (χ0v) is 14.8. The van der Waals surface area contributed by atoms with Gasteiger partial charge in [-0.3, -0.25) is 0 Å². The molecular weight excluding hydrogens is 348 g/mol. The fraction of sp³-hybridized carbons (Fsp3) is 0.0526. The van der Waals surface area contributed by atoms with Crippen LogP contribution in [0.3, 0.4) is 0 Å². The molecule has 0 saturated heterocycles. The van der Waals surface area contributed by atoms with Crippen molar-refractivity contribution >= 4 is 17.2 Å². The van der Waals surface area contributed by atoms with Gasteiger partial charge in [0.15, 0.2) is 0 Å². The van der Waals surface area contributed by atoms with Crippen LogP contribution in [-0.2, 0) is 0 Å². The van der Waals surface area contributed by atoms with Gasteiger partial charge in [-0.1, -0.05) is 12.1 Å². The molecular formula is C19H16N4O2S. The maximum absolute atomic E-state index is 9.64. The summed E-state index contributed by atoms with van der Waals surface area (Å²) >= 11 is 1.44. The minimum absolute atomic E-state index is 0.206. The molecule has 7 heteroatoms. The summed E-state index contributed by atoms with van der Waals surface area (Å²) in [7, 11) is 1.63. The summed E-state index contributed by atoms with van der Waals surface area (Å²) < 4.78 is 6.80. The highest BCUT2D eigenvalue weighted by atomic mass is 32.1. The van der Waals surface area contributed by atoms with E-state index in [2.05, 4.69) is 10.1 Å². The molecule has 0 bridgehead atoms. The number of phenolic OH excluding ortho intramolecular Hbond substituents is 1. The van der Waals surface area contributed by atoms with Gasteiger partial charge in [0.05, 0.1) is 18.5 Å². The number of aromatic hydroxyl groups is 1. The largest absolute Gasteiger partial charge is 0.508 e. The third kappa shape index (κ3) is 3.00. The predicted molar refractivity (Wildman–Crippen MR) is 103 cm³/mol. The Morgan fingerprint density at radius 2 is 1.85 bits per heavy atom. The molecule has 4 rings (SSSR count). The van der Waals surface area contributed by atoms with Crippen molar-refractivity contribution in [3.05, 3.63) is 60.0 Å². The molecule has 0 aliphatic carbocycles. The van der Waals surface area contributed by atoms with Gasteiger partial charge in [0.25, 0.3) is 0 Å². The number of nitrogen functional groups attached to an aromatic ring is 1. The highest BCUT2D eigenvalue weighted by Crippen LogP contribution is 2.29. The number of rotatable bonds is 4. The van der Waals surface area contributed by atoms with E-state index in [1.165, 1.54) is 11.3 Å². The maximum atomic E-state index is 9.64. The molecule has 0 radical (unpaired) electrons. The summed E-state index contributed by atoms with van der Waals surface area (Å²) in [6, 6.07) is 16.4. The van der Waals surface area contributed by atoms with Gasteiger partial charge >= 0.3 is 0 Å². The van der Waals surface area contributed by atoms with Crippen LogP contribution in [0.15, 0.2) is 60.0 Å². The molecule has 0 spiro atoms. The molecule has 2 aromatic carbocycles. The number of nitrogens with zero attached hydrogens (tertiary/aromatic N) is 3. The topological polar surface area (TPSA) is 86.2 Å². The number of nitrogens with two attached hydrogens (primary N) is 1. The van der Waals surface area contributed by atoms with Crippen molar-refractivity contribution in [1.82, 2.24) is 14.8 Å². The molecule has 0 aliphatic heterocycles. The second kappa shape index (κ2) is 6.53. The predicted octanol–water partition coefficient (Wildman–Crippen LogP) is 3.96. The van der Waals surface area contributed by atoms with Crippen LogP contribution in [0.5, 0.6) is 11.5 Å². The summed E-state index contributed by atoms with van der Waals surface area (Å²) in [6.45, 7) is 0. The van der Waals surface area contributed by atoms with Crippen molar-refractivity contribution in [2.75, 3.05) is 12.8 Å². The normalized spacial score (nSPS) is 10.8. The molecule has 0 aliphatic rings. The first-order chi connectivity index (χ1) is 12.6. The van der Waals surface area contributed by atoms with Crippen LogP contribution in [0.25, 0.3) is 27.6 Å². The van der Waals surface area contributed by atoms with Gasteiger partial charge in [0, 0.05) is 22.6 Å². The molecule has 6 nitrogen and oxygen atoms in total. The van der Waals surface area contributed by atoms with E-state index in [-0.39, 0.29) is 5.75 Å². The van der Waals surface area contributed by atoms with Crippen LogP contribution in [0, 0.1) is 0 Å². The molecule has 0 amide bonds. The van der Waals surface area contributed by atoms with Crippen molar-refractivity contribution < 1.29 is 9.84 Å². The molecule has 0 fully saturated rings. The number of methoxy groups -OCH3 is 1. The summed E-state index contributed by atoms with van der Waals surface area (Å²) in [5, 5.41) is 16.8. The fourth-order valence-electron chi connectivity index (χ4n) is 2.61. The number of thiazole rings is 1. The first-order valence-electron chi connectivity index (χ1n) is 7.89. The lowest BCUT2D eigenvalue weighted by molar-refractivity contribution is 0.415. The minimum Gasteiger partial charge on any atom is -0.508 e. The van der Waals surface area contributed by atoms with E-state index in [0.717, 1.165) is 28.3 Å². The smallest absolute Gasteiger partial charge is 0.212 e. The number of aromatic nitrogens is 3. The van der Waals surface area contributed by atoms with Crippen molar-refractivity contribution in [3.8, 4) is 39.1 Å². The van der Waals surface area contributed by atoms with Gasteiger partial charge in [-0.2, -0.15) is 9.78 Å². The molecule has 0 unspecified atom stereocenters. The summed E-state index contributed by atoms with van der Waals surface area (Å²) in [5.74, 6) is 1.50. The van der Waals surface area contributed by atoms with Gasteiger partial charge in [-0.05, 0) is 36.4 Å². The van der Waals surface area contributed by atoms with E-state index >= 15 is 0 Å². The first-order valence-corrected chi connectivity index (χ1v) is 8.77. The number of ether oxygens (including phenoxy) is 1. The standard InChI is InChI=1S/C19H16N4O2S/c1-25-15-7-5-12(6-8-15)16-10-18(20)23(22-16)19-21-17(11-26-19)13-3-2-4-14(24)9-13/h2-11,24H,20H2,1H3. The Hall–Kier alpha value is -3.32. The highest BCUT2D eigenvalue weighted by molar-refractivity contribution is 7.12. The molecule has 2 aromatic heterocycles. The maximum Gasteiger partial charge on any atom is 0.212 e. The zero-order valence-electron chi connectivity index (χ0n) is 14.0. The third-order valence-electron chi connectivity index (χ3n) is 3.94. The minimum atomic E-state index is 0.206. The number of anilines is 1. The highest BCUT2D eigenvalue weighted by Gasteiger charge is 2.13. The number of benzene rings is 2. The molecule has 3 N–H and O–H groups in total. The van der Waals surface area contributed by atoms with E-state index in [0.29, 0.717) is 10.9 Å². The average molecular weight is 364 g/mol. The molecule has 2 heterocycles. The molecule has 0 atom stereocenters. The Morgan fingerprint density at radius 3 is 2.58 bits per heavy atom. The first kappa shape index (κ1) is 16.2. The fourth-order valence-corrected chi connectivity index (χ4v) is 3.41. The van der Waals surface area contributed by atoms with Crippen molar-refractivity contribution in [2.45, 2.75) is 0 Å². The van der Waals surface area contributed by atoms with Gasteiger partial charge in [-0.25, -0.2) is 4.98 Å². The van der Waals surface area contributed by atoms with Crippen molar-refractivity contribution in [3.63, 3.8) is 0 Å². The summed E-state index contributed by atoms with van der Waals surface area (Å²) in [5.41, 5.74) is 9.46. The van der Waals surface area contributed by atoms with Gasteiger partial charge in [0.2, 0.25) is 5.13 Å². The lowest BCUT2D eigenvalue weighted by atomic mass is 10.1. The SMILES string of the molecule is COc1ccc(-c2cc(N)n(-c3nc(-c4cccc(O)c4)cs3)n2)cc1. The second-order valence-electron chi connectivity index (χ2n) is 5.66. The van der Waals surface area contributed by atoms with E-state index in [1.807, 2.05) is 41.8 Å². The zero-order chi connectivity index (χ0) is 18.1. The molecule has 4 aromatic rings. The summed E-state index contributed by atoms with van der Waals surface area (Å²) in [4.78, 5) is 4.59. The van der Waals surface area contributed by atoms with Gasteiger partial charge < -0.3 is 15.6 Å². The van der Waals surface area contributed by atoms with Crippen LogP contribution in [0.1, 0.15) is 0 Å². The van der Waals surface area contributed by atoms with Crippen LogP contribution >= 0.6 is 11.3 Å². The van der Waals surface area contributed by atoms with E-state index < -0.39 is 0 Å². The Bertz CT molecular complexity index is 1050. The molecule has 0 saturated carbocycles. The summed E-state index contributed by atoms with van der Waals surface area (Å²) in [6.07, 6.45) is 0. The Balaban J connectivity index is 1.67. The molecule has 130 valence electrons. The quantitative estimate of drug-likeness (QED) is 0.572. The average Bonchev–Trinajstić information content (AvgIpc) is 3.28. The Morgan fingerprint density at radius 1 is 1.04 bits per heavy atom. The van der Waals surface area contributed by atoms with Crippen LogP contribution in [-0.4, -0.2) is 27.0 Å². The van der Waals surface area contributed by atoms with Gasteiger partial charge in [0.1, 0.15) is 17.3 Å². The van der Waals surface area contributed by atoms with Crippen LogP contribution in [0.4, 0.5) is 5.82 Å². The number of hydrogen-bond acceptors (Lipinski definition) is 6. The number of phenols is 1. The Kier molecular flexibility index (Phi) is 4.06. The third-order valence-corrected chi connectivity index (χ3v) is 4.75. The van der Waals surface area contributed by atoms with Crippen molar-refractivity contribution in [1.29, 1.82) is 0 Å². The Labute approximate surface area is 154 Å². The van der Waals surface area contributed by atoms with E-state index in [9.17, 15) is 5.11 Å². The number of hydrogen-bond donors (Lipinski definition) is 2. The lowest BCUT2D eigenvalue weighted by Gasteiger charge is -2.01. The monoisotopic (exact) mass is 364 g/mol. The second-order valence-corrected chi connectivity index (χ2v) is 6.50. The van der Waals surface area contributed by atoms with Crippen LogP contribution < -0.4 is 10.5 Å². The lowest BCUT2D eigenvalue weighted by Crippen LogP contribution is -2.01. The van der Waals surface area contributed by atoms with E-state index in [1.54, 1.807) is 30.0 Å². The molecule has 26 heavy (non-hydrogen) atoms.